The molecule has 0 saturated carbocycles. The van der Waals surface area contributed by atoms with Crippen LogP contribution in [0.15, 0.2) is 60.7 Å². The van der Waals surface area contributed by atoms with Gasteiger partial charge in [-0.25, -0.2) is 0 Å². The summed E-state index contributed by atoms with van der Waals surface area (Å²) in [6.45, 7) is 1.61. The lowest BCUT2D eigenvalue weighted by atomic mass is 10.1. The van der Waals surface area contributed by atoms with Crippen LogP contribution in [0.3, 0.4) is 0 Å². The van der Waals surface area contributed by atoms with Crippen molar-refractivity contribution in [2.24, 2.45) is 0 Å². The molecule has 27 heavy (non-hydrogen) atoms. The van der Waals surface area contributed by atoms with Crippen LogP contribution in [0.2, 0.25) is 0 Å². The summed E-state index contributed by atoms with van der Waals surface area (Å²) in [5.74, 6) is -0.668. The van der Waals surface area contributed by atoms with Crippen LogP contribution in [0.25, 0.3) is 6.08 Å². The van der Waals surface area contributed by atoms with E-state index in [1.54, 1.807) is 32.2 Å². The number of hydrogen-bond donors (Lipinski definition) is 1. The average molecular weight is 367 g/mol. The Labute approximate surface area is 157 Å². The highest BCUT2D eigenvalue weighted by Crippen LogP contribution is 2.22. The molecule has 0 aliphatic rings. The van der Waals surface area contributed by atoms with Gasteiger partial charge < -0.3 is 10.2 Å². The highest BCUT2D eigenvalue weighted by molar-refractivity contribution is 5.94. The molecular formula is C20H21N3O4. The quantitative estimate of drug-likeness (QED) is 0.463. The number of non-ortho nitro benzene ring substituents is 1. The number of carbonyl (C=O) groups is 2. The zero-order valence-corrected chi connectivity index (χ0v) is 15.2. The van der Waals surface area contributed by atoms with Crippen LogP contribution in [0.1, 0.15) is 24.1 Å². The molecule has 0 aliphatic carbocycles. The number of nitrogens with zero attached hydrogens (tertiary/aromatic N) is 2. The second-order valence-electron chi connectivity index (χ2n) is 5.99. The van der Waals surface area contributed by atoms with Gasteiger partial charge in [-0.2, -0.15) is 0 Å². The van der Waals surface area contributed by atoms with Gasteiger partial charge >= 0.3 is 0 Å². The van der Waals surface area contributed by atoms with Gasteiger partial charge in [0, 0.05) is 25.3 Å². The van der Waals surface area contributed by atoms with Gasteiger partial charge in [0.1, 0.15) is 0 Å². The van der Waals surface area contributed by atoms with Crippen LogP contribution < -0.4 is 5.32 Å². The van der Waals surface area contributed by atoms with Crippen molar-refractivity contribution in [2.45, 2.75) is 13.0 Å². The van der Waals surface area contributed by atoms with Crippen molar-refractivity contribution < 1.29 is 14.5 Å². The van der Waals surface area contributed by atoms with E-state index in [1.165, 1.54) is 23.1 Å². The molecule has 0 bridgehead atoms. The predicted molar refractivity (Wildman–Crippen MR) is 103 cm³/mol. The maximum atomic E-state index is 12.3. The number of nitro groups is 1. The zero-order chi connectivity index (χ0) is 19.8. The third-order valence-electron chi connectivity index (χ3n) is 4.18. The van der Waals surface area contributed by atoms with Gasteiger partial charge in [0.05, 0.1) is 17.5 Å². The molecule has 7 nitrogen and oxygen atoms in total. The molecule has 1 N–H and O–H groups in total. The Morgan fingerprint density at radius 3 is 2.56 bits per heavy atom. The molecule has 0 unspecified atom stereocenters. The summed E-state index contributed by atoms with van der Waals surface area (Å²) in [6, 6.07) is 15.1. The van der Waals surface area contributed by atoms with Gasteiger partial charge in [-0.05, 0) is 24.1 Å². The Bertz CT molecular complexity index is 849. The lowest BCUT2D eigenvalue weighted by molar-refractivity contribution is -0.384. The first-order chi connectivity index (χ1) is 12.9. The van der Waals surface area contributed by atoms with Gasteiger partial charge in [-0.15, -0.1) is 0 Å². The topological polar surface area (TPSA) is 92.6 Å². The van der Waals surface area contributed by atoms with Gasteiger partial charge in [0.15, 0.2) is 0 Å². The molecule has 7 heteroatoms. The summed E-state index contributed by atoms with van der Waals surface area (Å²) in [4.78, 5) is 36.0. The van der Waals surface area contributed by atoms with Gasteiger partial charge in [0.2, 0.25) is 11.8 Å². The lowest BCUT2D eigenvalue weighted by Gasteiger charge is -2.25. The molecule has 1 atom stereocenters. The number of hydrogen-bond acceptors (Lipinski definition) is 4. The second-order valence-corrected chi connectivity index (χ2v) is 5.99. The van der Waals surface area contributed by atoms with Crippen molar-refractivity contribution in [3.8, 4) is 0 Å². The van der Waals surface area contributed by atoms with Crippen LogP contribution in [0.4, 0.5) is 5.69 Å². The van der Waals surface area contributed by atoms with E-state index in [1.807, 2.05) is 30.3 Å². The molecule has 140 valence electrons. The molecular weight excluding hydrogens is 346 g/mol. The minimum Gasteiger partial charge on any atom is -0.343 e. The van der Waals surface area contributed by atoms with E-state index in [-0.39, 0.29) is 30.1 Å². The van der Waals surface area contributed by atoms with Gasteiger partial charge in [0.25, 0.3) is 5.69 Å². The molecule has 0 aliphatic heterocycles. The highest BCUT2D eigenvalue weighted by Gasteiger charge is 2.19. The summed E-state index contributed by atoms with van der Waals surface area (Å²) >= 11 is 0. The van der Waals surface area contributed by atoms with Crippen LogP contribution >= 0.6 is 0 Å². The van der Waals surface area contributed by atoms with Crippen LogP contribution in [0, 0.1) is 10.1 Å². The van der Waals surface area contributed by atoms with Crippen molar-refractivity contribution in [3.05, 3.63) is 81.9 Å². The minimum absolute atomic E-state index is 0.0282. The first kappa shape index (κ1) is 19.8. The predicted octanol–water partition coefficient (Wildman–Crippen LogP) is 2.94. The maximum absolute atomic E-state index is 12.3. The van der Waals surface area contributed by atoms with E-state index >= 15 is 0 Å². The zero-order valence-electron chi connectivity index (χ0n) is 15.2. The number of carbonyl (C=O) groups excluding carboxylic acids is 2. The SMILES string of the molecule is C[C@@H](c1cccc([N+](=O)[O-])c1)N(C)C(=O)CNC(=O)/C=C/c1ccccc1. The smallest absolute Gasteiger partial charge is 0.269 e. The monoisotopic (exact) mass is 367 g/mol. The molecule has 0 aromatic heterocycles. The minimum atomic E-state index is -0.475. The fourth-order valence-corrected chi connectivity index (χ4v) is 2.42. The van der Waals surface area contributed by atoms with Crippen LogP contribution in [0.5, 0.6) is 0 Å². The maximum Gasteiger partial charge on any atom is 0.269 e. The molecule has 2 aromatic carbocycles. The van der Waals surface area contributed by atoms with Crippen LogP contribution in [-0.2, 0) is 9.59 Å². The fraction of sp³-hybridized carbons (Fsp3) is 0.200. The van der Waals surface area contributed by atoms with Crippen molar-refractivity contribution in [2.75, 3.05) is 13.6 Å². The Morgan fingerprint density at radius 2 is 1.89 bits per heavy atom. The number of likely N-dealkylation sites (N-methyl/N-ethyl adjacent to an activating group) is 1. The largest absolute Gasteiger partial charge is 0.343 e. The van der Waals surface area contributed by atoms with E-state index in [4.69, 9.17) is 0 Å². The van der Waals surface area contributed by atoms with E-state index in [2.05, 4.69) is 5.32 Å². The highest BCUT2D eigenvalue weighted by atomic mass is 16.6. The molecule has 0 radical (unpaired) electrons. The number of benzene rings is 2. The van der Waals surface area contributed by atoms with Crippen LogP contribution in [-0.4, -0.2) is 35.2 Å². The van der Waals surface area contributed by atoms with Gasteiger partial charge in [-0.1, -0.05) is 42.5 Å². The molecule has 0 saturated heterocycles. The average Bonchev–Trinajstić information content (AvgIpc) is 2.70. The number of nitrogens with one attached hydrogen (secondary N) is 1. The van der Waals surface area contributed by atoms with Gasteiger partial charge in [-0.3, -0.25) is 19.7 Å². The molecule has 2 rings (SSSR count). The molecule has 2 aromatic rings. The summed E-state index contributed by atoms with van der Waals surface area (Å²) in [5.41, 5.74) is 1.50. The standard InChI is InChI=1S/C20H21N3O4/c1-15(17-9-6-10-18(13-17)23(26)27)22(2)20(25)14-21-19(24)12-11-16-7-4-3-5-8-16/h3-13,15H,14H2,1-2H3,(H,21,24)/b12-11+/t15-/m0/s1. The van der Waals surface area contributed by atoms with Crippen molar-refractivity contribution >= 4 is 23.6 Å². The van der Waals surface area contributed by atoms with Crippen molar-refractivity contribution in [1.82, 2.24) is 10.2 Å². The third kappa shape index (κ3) is 5.78. The summed E-state index contributed by atoms with van der Waals surface area (Å²) < 4.78 is 0. The first-order valence-electron chi connectivity index (χ1n) is 8.39. The Balaban J connectivity index is 1.91. The normalized spacial score (nSPS) is 11.8. The second kappa shape index (κ2) is 9.28. The number of rotatable bonds is 7. The number of nitro benzene ring substituents is 1. The Kier molecular flexibility index (Phi) is 6.82. The Hall–Kier alpha value is -3.48. The fourth-order valence-electron chi connectivity index (χ4n) is 2.42. The summed E-state index contributed by atoms with van der Waals surface area (Å²) in [6.07, 6.45) is 3.03. The van der Waals surface area contributed by atoms with E-state index in [0.717, 1.165) is 5.56 Å². The first-order valence-corrected chi connectivity index (χ1v) is 8.39. The van der Waals surface area contributed by atoms with E-state index in [0.29, 0.717) is 5.56 Å². The third-order valence-corrected chi connectivity index (χ3v) is 4.18. The van der Waals surface area contributed by atoms with E-state index in [9.17, 15) is 19.7 Å². The number of amides is 2. The Morgan fingerprint density at radius 1 is 1.19 bits per heavy atom. The molecule has 0 heterocycles. The molecule has 0 fully saturated rings. The molecule has 2 amide bonds. The lowest BCUT2D eigenvalue weighted by Crippen LogP contribution is -2.38. The van der Waals surface area contributed by atoms with Crippen molar-refractivity contribution in [1.29, 1.82) is 0 Å². The van der Waals surface area contributed by atoms with Crippen molar-refractivity contribution in [3.63, 3.8) is 0 Å². The summed E-state index contributed by atoms with van der Waals surface area (Å²) in [7, 11) is 1.60. The summed E-state index contributed by atoms with van der Waals surface area (Å²) in [5, 5.41) is 13.4. The van der Waals surface area contributed by atoms with E-state index < -0.39 is 4.92 Å². The molecule has 0 spiro atoms.